The van der Waals surface area contributed by atoms with Gasteiger partial charge in [-0.15, -0.1) is 0 Å². The first kappa shape index (κ1) is 15.2. The number of rotatable bonds is 4. The van der Waals surface area contributed by atoms with E-state index >= 15 is 0 Å². The number of nitrogens with one attached hydrogen (secondary N) is 1. The number of ether oxygens (including phenoxy) is 2. The molecule has 3 aromatic rings. The minimum atomic E-state index is -0.560. The van der Waals surface area contributed by atoms with Crippen molar-refractivity contribution in [3.8, 4) is 5.75 Å². The Balaban J connectivity index is 2.29. The third-order valence-corrected chi connectivity index (χ3v) is 3.84. The molecule has 6 nitrogen and oxygen atoms in total. The number of carbonyl (C=O) groups excluding carboxylic acids is 2. The van der Waals surface area contributed by atoms with Crippen LogP contribution in [0.3, 0.4) is 0 Å². The van der Waals surface area contributed by atoms with Gasteiger partial charge in [-0.05, 0) is 24.3 Å². The summed E-state index contributed by atoms with van der Waals surface area (Å²) < 4.78 is 10.1. The first-order chi connectivity index (χ1) is 11.0. The average molecular weight is 333 g/mol. The number of carbonyl (C=O) groups is 2. The third kappa shape index (κ3) is 2.57. The first-order valence-corrected chi connectivity index (χ1v) is 7.13. The van der Waals surface area contributed by atoms with Crippen molar-refractivity contribution in [2.75, 3.05) is 13.7 Å². The van der Waals surface area contributed by atoms with Crippen LogP contribution in [-0.4, -0.2) is 30.6 Å². The molecule has 1 heterocycles. The summed E-state index contributed by atoms with van der Waals surface area (Å²) in [6, 6.07) is 8.44. The van der Waals surface area contributed by atoms with Crippen molar-refractivity contribution < 1.29 is 19.1 Å². The Hall–Kier alpha value is -2.73. The lowest BCUT2D eigenvalue weighted by Gasteiger charge is -2.08. The molecule has 0 unspecified atom stereocenters. The van der Waals surface area contributed by atoms with Crippen LogP contribution in [0.4, 0.5) is 0 Å². The molecule has 7 heteroatoms. The van der Waals surface area contributed by atoms with E-state index in [-0.39, 0.29) is 6.61 Å². The van der Waals surface area contributed by atoms with Crippen LogP contribution in [0.25, 0.3) is 21.8 Å². The zero-order valence-electron chi connectivity index (χ0n) is 12.2. The maximum Gasteiger partial charge on any atom is 0.343 e. The number of halogens is 1. The number of hydrogen-bond acceptors (Lipinski definition) is 4. The van der Waals surface area contributed by atoms with Crippen LogP contribution in [-0.2, 0) is 9.53 Å². The van der Waals surface area contributed by atoms with Gasteiger partial charge in [-0.25, -0.2) is 4.79 Å². The molecule has 0 spiro atoms. The molecule has 0 bridgehead atoms. The standard InChI is InChI=1S/C16H13ClN2O4/c1-22-12(20)7-23-11-6-5-9(17)15-14(11)13-8(16(18)21)3-2-4-10(13)19-15/h2-6,19H,7H2,1H3,(H2,18,21). The van der Waals surface area contributed by atoms with Crippen molar-refractivity contribution >= 4 is 45.3 Å². The summed E-state index contributed by atoms with van der Waals surface area (Å²) in [5, 5.41) is 1.68. The maximum atomic E-state index is 11.7. The largest absolute Gasteiger partial charge is 0.481 e. The molecule has 0 aliphatic rings. The summed E-state index contributed by atoms with van der Waals surface area (Å²) in [5.74, 6) is -0.659. The van der Waals surface area contributed by atoms with Crippen molar-refractivity contribution in [1.82, 2.24) is 4.98 Å². The van der Waals surface area contributed by atoms with Crippen LogP contribution in [0.15, 0.2) is 30.3 Å². The van der Waals surface area contributed by atoms with Crippen LogP contribution in [0, 0.1) is 0 Å². The first-order valence-electron chi connectivity index (χ1n) is 6.75. The molecule has 0 saturated carbocycles. The van der Waals surface area contributed by atoms with Gasteiger partial charge in [-0.2, -0.15) is 0 Å². The number of esters is 1. The molecular weight excluding hydrogens is 320 g/mol. The molecule has 1 amide bonds. The number of primary amides is 1. The molecule has 0 aliphatic carbocycles. The monoisotopic (exact) mass is 332 g/mol. The molecule has 0 radical (unpaired) electrons. The highest BCUT2D eigenvalue weighted by Gasteiger charge is 2.18. The smallest absolute Gasteiger partial charge is 0.343 e. The van der Waals surface area contributed by atoms with E-state index in [0.29, 0.717) is 38.1 Å². The summed E-state index contributed by atoms with van der Waals surface area (Å²) in [6.07, 6.45) is 0. The second kappa shape index (κ2) is 5.81. The van der Waals surface area contributed by atoms with Gasteiger partial charge in [0.2, 0.25) is 5.91 Å². The van der Waals surface area contributed by atoms with E-state index in [4.69, 9.17) is 22.1 Å². The van der Waals surface area contributed by atoms with E-state index in [9.17, 15) is 9.59 Å². The lowest BCUT2D eigenvalue weighted by molar-refractivity contribution is -0.142. The van der Waals surface area contributed by atoms with Crippen LogP contribution >= 0.6 is 11.6 Å². The van der Waals surface area contributed by atoms with E-state index in [1.54, 1.807) is 24.3 Å². The third-order valence-electron chi connectivity index (χ3n) is 3.53. The van der Waals surface area contributed by atoms with Gasteiger partial charge in [0.15, 0.2) is 6.61 Å². The van der Waals surface area contributed by atoms with Crippen molar-refractivity contribution in [2.24, 2.45) is 5.73 Å². The molecule has 3 N–H and O–H groups in total. The molecule has 2 aromatic carbocycles. The fourth-order valence-corrected chi connectivity index (χ4v) is 2.71. The average Bonchev–Trinajstić information content (AvgIpc) is 2.94. The Morgan fingerprint density at radius 3 is 2.70 bits per heavy atom. The normalized spacial score (nSPS) is 10.9. The van der Waals surface area contributed by atoms with E-state index in [1.807, 2.05) is 6.07 Å². The van der Waals surface area contributed by atoms with Crippen LogP contribution in [0.1, 0.15) is 10.4 Å². The SMILES string of the molecule is COC(=O)COc1ccc(Cl)c2[nH]c3cccc(C(N)=O)c3c12. The van der Waals surface area contributed by atoms with E-state index in [1.165, 1.54) is 7.11 Å². The van der Waals surface area contributed by atoms with Crippen LogP contribution in [0.2, 0.25) is 5.02 Å². The Morgan fingerprint density at radius 2 is 2.00 bits per heavy atom. The molecule has 0 aliphatic heterocycles. The molecular formula is C16H13ClN2O4. The molecule has 0 saturated heterocycles. The number of fused-ring (bicyclic) bond motifs is 3. The van der Waals surface area contributed by atoms with Gasteiger partial charge in [0.05, 0.1) is 23.0 Å². The summed E-state index contributed by atoms with van der Waals surface area (Å²) in [4.78, 5) is 26.2. The summed E-state index contributed by atoms with van der Waals surface area (Å²) in [5.41, 5.74) is 7.12. The zero-order valence-corrected chi connectivity index (χ0v) is 12.9. The van der Waals surface area contributed by atoms with Gasteiger partial charge in [-0.1, -0.05) is 17.7 Å². The second-order valence-corrected chi connectivity index (χ2v) is 5.28. The van der Waals surface area contributed by atoms with Gasteiger partial charge in [-0.3, -0.25) is 4.79 Å². The topological polar surface area (TPSA) is 94.4 Å². The van der Waals surface area contributed by atoms with Gasteiger partial charge in [0, 0.05) is 16.5 Å². The number of H-pyrrole nitrogens is 1. The summed E-state index contributed by atoms with van der Waals surface area (Å²) in [6.45, 7) is -0.251. The molecule has 23 heavy (non-hydrogen) atoms. The van der Waals surface area contributed by atoms with Crippen LogP contribution in [0.5, 0.6) is 5.75 Å². The van der Waals surface area contributed by atoms with Crippen LogP contribution < -0.4 is 10.5 Å². The number of aromatic amines is 1. The summed E-state index contributed by atoms with van der Waals surface area (Å²) in [7, 11) is 1.28. The predicted molar refractivity (Wildman–Crippen MR) is 86.8 cm³/mol. The predicted octanol–water partition coefficient (Wildman–Crippen LogP) is 2.63. The fraction of sp³-hybridized carbons (Fsp3) is 0.125. The Kier molecular flexibility index (Phi) is 3.83. The van der Waals surface area contributed by atoms with E-state index in [0.717, 1.165) is 0 Å². The number of amides is 1. The molecule has 118 valence electrons. The quantitative estimate of drug-likeness (QED) is 0.718. The number of aromatic nitrogens is 1. The van der Waals surface area contributed by atoms with E-state index < -0.39 is 11.9 Å². The lowest BCUT2D eigenvalue weighted by Crippen LogP contribution is -2.13. The molecule has 0 fully saturated rings. The minimum absolute atomic E-state index is 0.251. The lowest BCUT2D eigenvalue weighted by atomic mass is 10.1. The molecule has 0 atom stereocenters. The summed E-state index contributed by atoms with van der Waals surface area (Å²) >= 11 is 6.23. The molecule has 3 rings (SSSR count). The number of methoxy groups -OCH3 is 1. The van der Waals surface area contributed by atoms with Crippen molar-refractivity contribution in [3.63, 3.8) is 0 Å². The highest BCUT2D eigenvalue weighted by atomic mass is 35.5. The second-order valence-electron chi connectivity index (χ2n) is 4.88. The van der Waals surface area contributed by atoms with Crippen molar-refractivity contribution in [2.45, 2.75) is 0 Å². The van der Waals surface area contributed by atoms with Gasteiger partial charge < -0.3 is 20.2 Å². The number of nitrogens with two attached hydrogens (primary N) is 1. The van der Waals surface area contributed by atoms with Gasteiger partial charge in [0.1, 0.15) is 5.75 Å². The zero-order chi connectivity index (χ0) is 16.6. The van der Waals surface area contributed by atoms with E-state index in [2.05, 4.69) is 9.72 Å². The molecule has 1 aromatic heterocycles. The fourth-order valence-electron chi connectivity index (χ4n) is 2.51. The van der Waals surface area contributed by atoms with Gasteiger partial charge in [0.25, 0.3) is 0 Å². The highest BCUT2D eigenvalue weighted by Crippen LogP contribution is 2.38. The Bertz CT molecular complexity index is 933. The minimum Gasteiger partial charge on any atom is -0.481 e. The number of hydrogen-bond donors (Lipinski definition) is 2. The van der Waals surface area contributed by atoms with Gasteiger partial charge >= 0.3 is 5.97 Å². The maximum absolute atomic E-state index is 11.7. The Morgan fingerprint density at radius 1 is 1.22 bits per heavy atom. The number of benzene rings is 2. The Labute approximate surface area is 136 Å². The van der Waals surface area contributed by atoms with Crippen molar-refractivity contribution in [1.29, 1.82) is 0 Å². The van der Waals surface area contributed by atoms with Crippen molar-refractivity contribution in [3.05, 3.63) is 40.9 Å². The highest BCUT2D eigenvalue weighted by molar-refractivity contribution is 6.37.